The second kappa shape index (κ2) is 5.01. The lowest BCUT2D eigenvalue weighted by molar-refractivity contribution is -0.127. The van der Waals surface area contributed by atoms with Crippen molar-refractivity contribution in [2.24, 2.45) is 0 Å². The fourth-order valence-electron chi connectivity index (χ4n) is 1.84. The number of para-hydroxylation sites is 1. The lowest BCUT2D eigenvalue weighted by atomic mass is 10.2. The van der Waals surface area contributed by atoms with E-state index in [-0.39, 0.29) is 5.57 Å². The van der Waals surface area contributed by atoms with Gasteiger partial charge in [-0.2, -0.15) is 0 Å². The van der Waals surface area contributed by atoms with Crippen LogP contribution in [-0.2, 0) is 4.79 Å². The lowest BCUT2D eigenvalue weighted by Crippen LogP contribution is -2.09. The van der Waals surface area contributed by atoms with E-state index in [0.29, 0.717) is 11.4 Å². The quantitative estimate of drug-likeness (QED) is 0.415. The number of benzene rings is 1. The number of carbonyl (C=O) groups is 1. The third-order valence-electron chi connectivity index (χ3n) is 2.87. The van der Waals surface area contributed by atoms with Crippen molar-refractivity contribution in [3.8, 4) is 5.75 Å². The molecule has 98 valence electrons. The first-order chi connectivity index (χ1) is 9.74. The number of nitrogens with zero attached hydrogens (tertiary/aromatic N) is 2. The first-order valence-corrected chi connectivity index (χ1v) is 6.14. The van der Waals surface area contributed by atoms with Crippen LogP contribution in [0.15, 0.2) is 67.5 Å². The standard InChI is InChI=1S/C16H12N2O2/c1-12(16(19)20-13-7-3-2-4-8-13)14-11-18-10-6-5-9-15(18)17-14/h2-11H,1H2. The average Bonchev–Trinajstić information content (AvgIpc) is 2.91. The van der Waals surface area contributed by atoms with E-state index in [4.69, 9.17) is 4.74 Å². The third-order valence-corrected chi connectivity index (χ3v) is 2.87. The zero-order valence-electron chi connectivity index (χ0n) is 10.7. The molecular weight excluding hydrogens is 252 g/mol. The topological polar surface area (TPSA) is 43.6 Å². The van der Waals surface area contributed by atoms with Crippen molar-refractivity contribution in [2.75, 3.05) is 0 Å². The highest BCUT2D eigenvalue weighted by molar-refractivity contribution is 6.15. The zero-order valence-corrected chi connectivity index (χ0v) is 10.7. The number of pyridine rings is 1. The molecule has 2 aromatic heterocycles. The number of rotatable bonds is 3. The Labute approximate surface area is 116 Å². The van der Waals surface area contributed by atoms with Crippen LogP contribution in [0.2, 0.25) is 0 Å². The molecule has 0 spiro atoms. The fourth-order valence-corrected chi connectivity index (χ4v) is 1.84. The van der Waals surface area contributed by atoms with E-state index in [1.807, 2.05) is 34.9 Å². The lowest BCUT2D eigenvalue weighted by Gasteiger charge is -2.04. The number of esters is 1. The van der Waals surface area contributed by atoms with Gasteiger partial charge in [-0.3, -0.25) is 0 Å². The Morgan fingerprint density at radius 1 is 1.10 bits per heavy atom. The molecule has 4 heteroatoms. The third kappa shape index (κ3) is 2.31. The van der Waals surface area contributed by atoms with Crippen LogP contribution in [0.5, 0.6) is 5.75 Å². The Kier molecular flexibility index (Phi) is 3.05. The summed E-state index contributed by atoms with van der Waals surface area (Å²) in [5.41, 5.74) is 1.51. The highest BCUT2D eigenvalue weighted by Crippen LogP contribution is 2.17. The molecule has 2 heterocycles. The van der Waals surface area contributed by atoms with Gasteiger partial charge in [0.25, 0.3) is 0 Å². The van der Waals surface area contributed by atoms with Crippen LogP contribution in [0.3, 0.4) is 0 Å². The number of carbonyl (C=O) groups excluding carboxylic acids is 1. The molecule has 0 saturated heterocycles. The van der Waals surface area contributed by atoms with Gasteiger partial charge in [-0.25, -0.2) is 9.78 Å². The molecule has 0 radical (unpaired) electrons. The molecule has 3 rings (SSSR count). The maximum absolute atomic E-state index is 12.0. The van der Waals surface area contributed by atoms with Gasteiger partial charge in [-0.1, -0.05) is 30.8 Å². The minimum atomic E-state index is -0.500. The van der Waals surface area contributed by atoms with Crippen molar-refractivity contribution >= 4 is 17.2 Å². The Balaban J connectivity index is 1.83. The second-order valence-electron chi connectivity index (χ2n) is 4.27. The maximum atomic E-state index is 12.0. The Morgan fingerprint density at radius 2 is 1.85 bits per heavy atom. The van der Waals surface area contributed by atoms with E-state index >= 15 is 0 Å². The Hall–Kier alpha value is -2.88. The molecule has 0 aliphatic carbocycles. The molecule has 20 heavy (non-hydrogen) atoms. The number of ether oxygens (including phenoxy) is 1. The van der Waals surface area contributed by atoms with Crippen molar-refractivity contribution in [1.82, 2.24) is 9.38 Å². The molecule has 0 N–H and O–H groups in total. The molecule has 0 fully saturated rings. The van der Waals surface area contributed by atoms with E-state index in [2.05, 4.69) is 11.6 Å². The van der Waals surface area contributed by atoms with Gasteiger partial charge in [-0.05, 0) is 24.3 Å². The van der Waals surface area contributed by atoms with E-state index in [1.54, 1.807) is 30.5 Å². The number of fused-ring (bicyclic) bond motifs is 1. The number of imidazole rings is 1. The maximum Gasteiger partial charge on any atom is 0.345 e. The number of aromatic nitrogens is 2. The summed E-state index contributed by atoms with van der Waals surface area (Å²) in [5.74, 6) is -0.0120. The monoisotopic (exact) mass is 264 g/mol. The minimum absolute atomic E-state index is 0.234. The minimum Gasteiger partial charge on any atom is -0.423 e. The van der Waals surface area contributed by atoms with Gasteiger partial charge < -0.3 is 9.14 Å². The summed E-state index contributed by atoms with van der Waals surface area (Å²) in [6, 6.07) is 14.5. The largest absolute Gasteiger partial charge is 0.423 e. The molecule has 0 unspecified atom stereocenters. The van der Waals surface area contributed by atoms with Gasteiger partial charge in [-0.15, -0.1) is 0 Å². The molecule has 0 saturated carbocycles. The number of hydrogen-bond donors (Lipinski definition) is 0. The molecule has 1 aromatic carbocycles. The van der Waals surface area contributed by atoms with Crippen LogP contribution < -0.4 is 4.74 Å². The molecule has 0 atom stereocenters. The van der Waals surface area contributed by atoms with Crippen LogP contribution in [0.4, 0.5) is 0 Å². The van der Waals surface area contributed by atoms with Gasteiger partial charge in [0, 0.05) is 12.4 Å². The molecule has 0 aliphatic heterocycles. The normalized spacial score (nSPS) is 10.4. The first-order valence-electron chi connectivity index (χ1n) is 6.14. The van der Waals surface area contributed by atoms with Gasteiger partial charge >= 0.3 is 5.97 Å². The predicted molar refractivity (Wildman–Crippen MR) is 76.3 cm³/mol. The fraction of sp³-hybridized carbons (Fsp3) is 0. The van der Waals surface area contributed by atoms with Crippen molar-refractivity contribution < 1.29 is 9.53 Å². The average molecular weight is 264 g/mol. The van der Waals surface area contributed by atoms with Crippen LogP contribution >= 0.6 is 0 Å². The van der Waals surface area contributed by atoms with Crippen molar-refractivity contribution in [3.63, 3.8) is 0 Å². The van der Waals surface area contributed by atoms with Crippen molar-refractivity contribution in [1.29, 1.82) is 0 Å². The smallest absolute Gasteiger partial charge is 0.345 e. The molecular formula is C16H12N2O2. The summed E-state index contributed by atoms with van der Waals surface area (Å²) >= 11 is 0. The van der Waals surface area contributed by atoms with E-state index in [9.17, 15) is 4.79 Å². The van der Waals surface area contributed by atoms with Crippen LogP contribution in [0.1, 0.15) is 5.69 Å². The summed E-state index contributed by atoms with van der Waals surface area (Å²) in [5, 5.41) is 0. The van der Waals surface area contributed by atoms with Gasteiger partial charge in [0.2, 0.25) is 0 Å². The molecule has 0 aliphatic rings. The molecule has 0 bridgehead atoms. The summed E-state index contributed by atoms with van der Waals surface area (Å²) in [6.07, 6.45) is 3.62. The van der Waals surface area contributed by atoms with E-state index in [0.717, 1.165) is 5.65 Å². The predicted octanol–water partition coefficient (Wildman–Crippen LogP) is 2.95. The van der Waals surface area contributed by atoms with Gasteiger partial charge in [0.15, 0.2) is 0 Å². The summed E-state index contributed by atoms with van der Waals surface area (Å²) in [7, 11) is 0. The van der Waals surface area contributed by atoms with Crippen molar-refractivity contribution in [3.05, 3.63) is 73.2 Å². The molecule has 0 amide bonds. The van der Waals surface area contributed by atoms with Crippen LogP contribution in [0.25, 0.3) is 11.2 Å². The van der Waals surface area contributed by atoms with Crippen LogP contribution in [0, 0.1) is 0 Å². The summed E-state index contributed by atoms with van der Waals surface area (Å²) < 4.78 is 7.07. The Morgan fingerprint density at radius 3 is 2.60 bits per heavy atom. The highest BCUT2D eigenvalue weighted by atomic mass is 16.5. The Bertz CT molecular complexity index is 742. The van der Waals surface area contributed by atoms with Crippen molar-refractivity contribution in [2.45, 2.75) is 0 Å². The van der Waals surface area contributed by atoms with Gasteiger partial charge in [0.1, 0.15) is 11.4 Å². The zero-order chi connectivity index (χ0) is 13.9. The number of hydrogen-bond acceptors (Lipinski definition) is 3. The molecule has 3 aromatic rings. The summed E-state index contributed by atoms with van der Waals surface area (Å²) in [6.45, 7) is 3.77. The van der Waals surface area contributed by atoms with E-state index < -0.39 is 5.97 Å². The summed E-state index contributed by atoms with van der Waals surface area (Å²) in [4.78, 5) is 16.4. The first kappa shape index (κ1) is 12.2. The van der Waals surface area contributed by atoms with Gasteiger partial charge in [0.05, 0.1) is 11.3 Å². The molecule has 4 nitrogen and oxygen atoms in total. The SMILES string of the molecule is C=C(C(=O)Oc1ccccc1)c1cn2ccccc2n1. The van der Waals surface area contributed by atoms with E-state index in [1.165, 1.54) is 0 Å². The highest BCUT2D eigenvalue weighted by Gasteiger charge is 2.15. The van der Waals surface area contributed by atoms with Crippen LogP contribution in [-0.4, -0.2) is 15.4 Å². The second-order valence-corrected chi connectivity index (χ2v) is 4.27.